The molecule has 0 aliphatic carbocycles. The van der Waals surface area contributed by atoms with Crippen molar-refractivity contribution in [2.75, 3.05) is 7.05 Å². The SMILES string of the molecule is CN=C(NN)c1ccoc1. The van der Waals surface area contributed by atoms with Crippen LogP contribution >= 0.6 is 0 Å². The molecule has 1 aromatic heterocycles. The molecule has 0 unspecified atom stereocenters. The quantitative estimate of drug-likeness (QED) is 0.251. The molecule has 0 amide bonds. The Morgan fingerprint density at radius 3 is 3.00 bits per heavy atom. The Morgan fingerprint density at radius 1 is 1.80 bits per heavy atom. The van der Waals surface area contributed by atoms with Crippen molar-refractivity contribution in [2.45, 2.75) is 0 Å². The molecule has 0 saturated carbocycles. The second-order valence-corrected chi connectivity index (χ2v) is 1.73. The standard InChI is InChI=1S/C6H9N3O/c1-8-6(9-7)5-2-3-10-4-5/h2-4H,7H2,1H3,(H,8,9). The van der Waals surface area contributed by atoms with E-state index >= 15 is 0 Å². The highest BCUT2D eigenvalue weighted by molar-refractivity contribution is 5.97. The number of hydrogen-bond donors (Lipinski definition) is 2. The lowest BCUT2D eigenvalue weighted by atomic mass is 10.3. The third kappa shape index (κ3) is 1.16. The van der Waals surface area contributed by atoms with Crippen molar-refractivity contribution in [2.24, 2.45) is 10.8 Å². The number of nitrogens with zero attached hydrogens (tertiary/aromatic N) is 1. The molecule has 0 fully saturated rings. The predicted molar refractivity (Wildman–Crippen MR) is 38.5 cm³/mol. The van der Waals surface area contributed by atoms with Crippen LogP contribution in [-0.4, -0.2) is 12.9 Å². The van der Waals surface area contributed by atoms with Crippen molar-refractivity contribution in [1.29, 1.82) is 0 Å². The first-order valence-electron chi connectivity index (χ1n) is 2.84. The summed E-state index contributed by atoms with van der Waals surface area (Å²) in [5, 5.41) is 0. The smallest absolute Gasteiger partial charge is 0.145 e. The molecule has 0 saturated heterocycles. The van der Waals surface area contributed by atoms with E-state index < -0.39 is 0 Å². The summed E-state index contributed by atoms with van der Waals surface area (Å²) in [5.74, 6) is 5.77. The summed E-state index contributed by atoms with van der Waals surface area (Å²) in [6.45, 7) is 0. The number of aliphatic imine (C=N–C) groups is 1. The number of nitrogens with one attached hydrogen (secondary N) is 1. The van der Waals surface area contributed by atoms with Gasteiger partial charge in [-0.25, -0.2) is 5.84 Å². The van der Waals surface area contributed by atoms with Crippen molar-refractivity contribution < 1.29 is 4.42 Å². The zero-order valence-corrected chi connectivity index (χ0v) is 5.66. The lowest BCUT2D eigenvalue weighted by molar-refractivity contribution is 0.566. The maximum absolute atomic E-state index is 5.15. The Bertz CT molecular complexity index is 215. The minimum absolute atomic E-state index is 0.619. The van der Waals surface area contributed by atoms with Crippen LogP contribution in [0.2, 0.25) is 0 Å². The molecule has 0 aromatic carbocycles. The van der Waals surface area contributed by atoms with Gasteiger partial charge in [0.1, 0.15) is 12.1 Å². The summed E-state index contributed by atoms with van der Waals surface area (Å²) in [7, 11) is 1.65. The number of nitrogens with two attached hydrogens (primary N) is 1. The van der Waals surface area contributed by atoms with E-state index in [9.17, 15) is 0 Å². The van der Waals surface area contributed by atoms with Crippen LogP contribution in [0.1, 0.15) is 5.56 Å². The van der Waals surface area contributed by atoms with Crippen LogP contribution in [-0.2, 0) is 0 Å². The van der Waals surface area contributed by atoms with Crippen LogP contribution in [0.4, 0.5) is 0 Å². The van der Waals surface area contributed by atoms with Crippen LogP contribution in [0.3, 0.4) is 0 Å². The van der Waals surface area contributed by atoms with E-state index in [1.165, 1.54) is 0 Å². The number of hydrazine groups is 1. The normalized spacial score (nSPS) is 11.6. The topological polar surface area (TPSA) is 63.5 Å². The highest BCUT2D eigenvalue weighted by Crippen LogP contribution is 1.98. The number of hydrogen-bond acceptors (Lipinski definition) is 3. The van der Waals surface area contributed by atoms with Gasteiger partial charge in [-0.1, -0.05) is 0 Å². The number of rotatable bonds is 1. The van der Waals surface area contributed by atoms with E-state index in [0.717, 1.165) is 5.56 Å². The Kier molecular flexibility index (Phi) is 2.07. The van der Waals surface area contributed by atoms with Gasteiger partial charge in [0.15, 0.2) is 0 Å². The van der Waals surface area contributed by atoms with Crippen LogP contribution < -0.4 is 11.3 Å². The maximum Gasteiger partial charge on any atom is 0.145 e. The summed E-state index contributed by atoms with van der Waals surface area (Å²) in [5.41, 5.74) is 3.30. The second kappa shape index (κ2) is 3.03. The second-order valence-electron chi connectivity index (χ2n) is 1.73. The van der Waals surface area contributed by atoms with Crippen molar-refractivity contribution in [3.05, 3.63) is 24.2 Å². The van der Waals surface area contributed by atoms with Gasteiger partial charge in [0.05, 0.1) is 11.8 Å². The molecule has 4 nitrogen and oxygen atoms in total. The molecule has 4 heteroatoms. The molecule has 0 atom stereocenters. The molecule has 0 spiro atoms. The third-order valence-corrected chi connectivity index (χ3v) is 1.15. The van der Waals surface area contributed by atoms with E-state index in [0.29, 0.717) is 5.84 Å². The zero-order chi connectivity index (χ0) is 7.40. The highest BCUT2D eigenvalue weighted by atomic mass is 16.3. The van der Waals surface area contributed by atoms with Gasteiger partial charge < -0.3 is 9.84 Å². The van der Waals surface area contributed by atoms with E-state index in [1.54, 1.807) is 25.6 Å². The zero-order valence-electron chi connectivity index (χ0n) is 5.66. The van der Waals surface area contributed by atoms with Gasteiger partial charge in [-0.05, 0) is 6.07 Å². The maximum atomic E-state index is 5.15. The van der Waals surface area contributed by atoms with Gasteiger partial charge >= 0.3 is 0 Å². The fourth-order valence-corrected chi connectivity index (χ4v) is 0.676. The first-order chi connectivity index (χ1) is 4.88. The van der Waals surface area contributed by atoms with Gasteiger partial charge in [0.2, 0.25) is 0 Å². The lowest BCUT2D eigenvalue weighted by Crippen LogP contribution is -2.30. The molecule has 1 heterocycles. The van der Waals surface area contributed by atoms with Crippen molar-refractivity contribution >= 4 is 5.84 Å². The summed E-state index contributed by atoms with van der Waals surface area (Å²) in [4.78, 5) is 3.87. The molecule has 3 N–H and O–H groups in total. The van der Waals surface area contributed by atoms with E-state index in [2.05, 4.69) is 10.4 Å². The lowest BCUT2D eigenvalue weighted by Gasteiger charge is -1.97. The van der Waals surface area contributed by atoms with Gasteiger partial charge in [0, 0.05) is 7.05 Å². The Morgan fingerprint density at radius 2 is 2.60 bits per heavy atom. The minimum Gasteiger partial charge on any atom is -0.472 e. The monoisotopic (exact) mass is 139 g/mol. The van der Waals surface area contributed by atoms with Crippen molar-refractivity contribution in [3.8, 4) is 0 Å². The molecule has 0 bridgehead atoms. The first-order valence-corrected chi connectivity index (χ1v) is 2.84. The highest BCUT2D eigenvalue weighted by Gasteiger charge is 1.99. The fraction of sp³-hybridized carbons (Fsp3) is 0.167. The first kappa shape index (κ1) is 6.82. The predicted octanol–water partition coefficient (Wildman–Crippen LogP) is 0.119. The third-order valence-electron chi connectivity index (χ3n) is 1.15. The van der Waals surface area contributed by atoms with Crippen LogP contribution in [0.15, 0.2) is 28.0 Å². The van der Waals surface area contributed by atoms with E-state index in [-0.39, 0.29) is 0 Å². The molecule has 0 radical (unpaired) electrons. The summed E-state index contributed by atoms with van der Waals surface area (Å²) in [6.07, 6.45) is 3.14. The molecule has 1 aromatic rings. The summed E-state index contributed by atoms with van der Waals surface area (Å²) in [6, 6.07) is 1.78. The minimum atomic E-state index is 0.619. The Labute approximate surface area is 58.7 Å². The Hall–Kier alpha value is -1.29. The van der Waals surface area contributed by atoms with Crippen LogP contribution in [0.5, 0.6) is 0 Å². The van der Waals surface area contributed by atoms with Gasteiger partial charge in [-0.15, -0.1) is 0 Å². The van der Waals surface area contributed by atoms with E-state index in [4.69, 9.17) is 10.3 Å². The van der Waals surface area contributed by atoms with Crippen LogP contribution in [0.25, 0.3) is 0 Å². The number of amidine groups is 1. The molecule has 0 aliphatic heterocycles. The summed E-state index contributed by atoms with van der Waals surface area (Å²) < 4.78 is 4.82. The average molecular weight is 139 g/mol. The molecule has 0 aliphatic rings. The van der Waals surface area contributed by atoms with Crippen LogP contribution in [0, 0.1) is 0 Å². The summed E-state index contributed by atoms with van der Waals surface area (Å²) >= 11 is 0. The van der Waals surface area contributed by atoms with E-state index in [1.807, 2.05) is 0 Å². The van der Waals surface area contributed by atoms with Gasteiger partial charge in [-0.2, -0.15) is 0 Å². The van der Waals surface area contributed by atoms with Crippen molar-refractivity contribution in [1.82, 2.24) is 5.43 Å². The van der Waals surface area contributed by atoms with Gasteiger partial charge in [-0.3, -0.25) is 4.99 Å². The fourth-order valence-electron chi connectivity index (χ4n) is 0.676. The molecule has 10 heavy (non-hydrogen) atoms. The molecular weight excluding hydrogens is 130 g/mol. The molecular formula is C6H9N3O. The van der Waals surface area contributed by atoms with Crippen molar-refractivity contribution in [3.63, 3.8) is 0 Å². The molecule has 54 valence electrons. The largest absolute Gasteiger partial charge is 0.472 e. The average Bonchev–Trinajstić information content (AvgIpc) is 2.43. The molecule has 1 rings (SSSR count). The van der Waals surface area contributed by atoms with Gasteiger partial charge in [0.25, 0.3) is 0 Å². The number of furan rings is 1. The Balaban J connectivity index is 2.85.